The van der Waals surface area contributed by atoms with E-state index in [1.165, 1.54) is 0 Å². The number of rotatable bonds is 4. The molecular formula is C19H23N5O2. The van der Waals surface area contributed by atoms with Crippen molar-refractivity contribution in [2.75, 3.05) is 5.32 Å². The Morgan fingerprint density at radius 1 is 1.12 bits per heavy atom. The topological polar surface area (TPSA) is 89.0 Å². The molecule has 7 nitrogen and oxygen atoms in total. The second kappa shape index (κ2) is 5.65. The zero-order valence-corrected chi connectivity index (χ0v) is 15.2. The molecule has 2 aromatic rings. The van der Waals surface area contributed by atoms with Gasteiger partial charge >= 0.3 is 6.09 Å². The van der Waals surface area contributed by atoms with Gasteiger partial charge in [0.15, 0.2) is 0 Å². The molecule has 3 saturated carbocycles. The van der Waals surface area contributed by atoms with Gasteiger partial charge in [-0.3, -0.25) is 9.97 Å². The molecule has 3 aliphatic rings. The van der Waals surface area contributed by atoms with Gasteiger partial charge in [0.05, 0.1) is 23.6 Å². The summed E-state index contributed by atoms with van der Waals surface area (Å²) in [6.07, 6.45) is 9.30. The Hall–Kier alpha value is -2.70. The van der Waals surface area contributed by atoms with Crippen LogP contribution < -0.4 is 10.6 Å². The lowest BCUT2D eigenvalue weighted by atomic mass is 9.44. The molecule has 0 aliphatic heterocycles. The first-order valence-corrected chi connectivity index (χ1v) is 8.79. The van der Waals surface area contributed by atoms with Crippen molar-refractivity contribution in [3.8, 4) is 11.3 Å². The smallest absolute Gasteiger partial charge is 0.408 e. The highest BCUT2D eigenvalue weighted by Gasteiger charge is 2.69. The predicted octanol–water partition coefficient (Wildman–Crippen LogP) is 3.15. The zero-order chi connectivity index (χ0) is 18.4. The summed E-state index contributed by atoms with van der Waals surface area (Å²) in [5.74, 6) is 0.753. The van der Waals surface area contributed by atoms with Gasteiger partial charge in [0, 0.05) is 23.5 Å². The molecule has 3 fully saturated rings. The lowest BCUT2D eigenvalue weighted by Crippen LogP contribution is -2.81. The molecule has 0 unspecified atom stereocenters. The number of alkyl carbamates (subject to hydrolysis) is 1. The Morgan fingerprint density at radius 3 is 2.46 bits per heavy atom. The molecule has 7 heteroatoms. The lowest BCUT2D eigenvalue weighted by Gasteiger charge is -2.70. The van der Waals surface area contributed by atoms with Crippen LogP contribution in [0.25, 0.3) is 11.3 Å². The van der Waals surface area contributed by atoms with Gasteiger partial charge in [0.25, 0.3) is 0 Å². The number of nitrogens with one attached hydrogen (secondary N) is 2. The van der Waals surface area contributed by atoms with Crippen LogP contribution in [0.4, 0.5) is 10.6 Å². The summed E-state index contributed by atoms with van der Waals surface area (Å²) in [6, 6.07) is 3.83. The fourth-order valence-corrected chi connectivity index (χ4v) is 3.90. The molecule has 0 atom stereocenters. The van der Waals surface area contributed by atoms with E-state index in [1.54, 1.807) is 24.8 Å². The van der Waals surface area contributed by atoms with Crippen LogP contribution in [-0.4, -0.2) is 37.7 Å². The zero-order valence-electron chi connectivity index (χ0n) is 15.2. The molecule has 0 saturated heterocycles. The SMILES string of the molecule is CC(C)(C)OC(=O)NC12CC(Nc3cnc(-c4cccnc4)cn3)(C1)C2. The van der Waals surface area contributed by atoms with Crippen molar-refractivity contribution >= 4 is 11.9 Å². The number of anilines is 1. The highest BCUT2D eigenvalue weighted by molar-refractivity contribution is 5.70. The summed E-state index contributed by atoms with van der Waals surface area (Å²) >= 11 is 0. The normalized spacial score (nSPS) is 26.3. The molecule has 1 amide bonds. The highest BCUT2D eigenvalue weighted by atomic mass is 16.6. The summed E-state index contributed by atoms with van der Waals surface area (Å²) in [6.45, 7) is 5.60. The van der Waals surface area contributed by atoms with E-state index < -0.39 is 5.60 Å². The van der Waals surface area contributed by atoms with E-state index in [0.717, 1.165) is 36.3 Å². The van der Waals surface area contributed by atoms with Crippen LogP contribution in [0.1, 0.15) is 40.0 Å². The van der Waals surface area contributed by atoms with Crippen LogP contribution in [0.5, 0.6) is 0 Å². The second-order valence-corrected chi connectivity index (χ2v) is 8.37. The average Bonchev–Trinajstić information content (AvgIpc) is 2.51. The van der Waals surface area contributed by atoms with Crippen molar-refractivity contribution < 1.29 is 9.53 Å². The Labute approximate surface area is 152 Å². The minimum Gasteiger partial charge on any atom is -0.444 e. The standard InChI is InChI=1S/C19H23N5O2/c1-17(2,3)26-16(25)24-19-10-18(11-19,12-19)23-15-9-21-14(8-22-15)13-5-4-6-20-7-13/h4-9H,10-12H2,1-3H3,(H,22,23)(H,24,25). The maximum atomic E-state index is 11.9. The van der Waals surface area contributed by atoms with Crippen molar-refractivity contribution in [3.63, 3.8) is 0 Å². The van der Waals surface area contributed by atoms with Gasteiger partial charge in [-0.05, 0) is 52.2 Å². The molecule has 26 heavy (non-hydrogen) atoms. The monoisotopic (exact) mass is 353 g/mol. The van der Waals surface area contributed by atoms with E-state index in [0.29, 0.717) is 0 Å². The molecule has 0 spiro atoms. The Morgan fingerprint density at radius 2 is 1.88 bits per heavy atom. The van der Waals surface area contributed by atoms with Gasteiger partial charge in [0.2, 0.25) is 0 Å². The summed E-state index contributed by atoms with van der Waals surface area (Å²) in [4.78, 5) is 25.0. The molecule has 2 heterocycles. The summed E-state index contributed by atoms with van der Waals surface area (Å²) in [5, 5.41) is 6.48. The summed E-state index contributed by atoms with van der Waals surface area (Å²) in [5.41, 5.74) is 1.15. The van der Waals surface area contributed by atoms with Gasteiger partial charge in [-0.25, -0.2) is 9.78 Å². The molecule has 3 aliphatic carbocycles. The summed E-state index contributed by atoms with van der Waals surface area (Å²) in [7, 11) is 0. The van der Waals surface area contributed by atoms with Crippen molar-refractivity contribution in [3.05, 3.63) is 36.9 Å². The molecule has 2 N–H and O–H groups in total. The van der Waals surface area contributed by atoms with Crippen molar-refractivity contribution in [1.29, 1.82) is 0 Å². The van der Waals surface area contributed by atoms with Gasteiger partial charge in [-0.1, -0.05) is 0 Å². The van der Waals surface area contributed by atoms with E-state index in [2.05, 4.69) is 25.6 Å². The van der Waals surface area contributed by atoms with Gasteiger partial charge in [0.1, 0.15) is 11.4 Å². The van der Waals surface area contributed by atoms with Gasteiger partial charge in [-0.15, -0.1) is 0 Å². The van der Waals surface area contributed by atoms with Crippen molar-refractivity contribution in [2.45, 2.75) is 56.7 Å². The third-order valence-electron chi connectivity index (χ3n) is 4.80. The maximum Gasteiger partial charge on any atom is 0.408 e. The molecular weight excluding hydrogens is 330 g/mol. The predicted molar refractivity (Wildman–Crippen MR) is 97.6 cm³/mol. The van der Waals surface area contributed by atoms with E-state index in [4.69, 9.17) is 4.74 Å². The van der Waals surface area contributed by atoms with Crippen LogP contribution in [0, 0.1) is 0 Å². The Kier molecular flexibility index (Phi) is 3.64. The quantitative estimate of drug-likeness (QED) is 0.878. The van der Waals surface area contributed by atoms with Gasteiger partial charge < -0.3 is 15.4 Å². The second-order valence-electron chi connectivity index (χ2n) is 8.37. The van der Waals surface area contributed by atoms with Crippen LogP contribution in [0.2, 0.25) is 0 Å². The average molecular weight is 353 g/mol. The van der Waals surface area contributed by atoms with Crippen LogP contribution in [0.3, 0.4) is 0 Å². The van der Waals surface area contributed by atoms with Crippen LogP contribution in [-0.2, 0) is 4.74 Å². The molecule has 0 radical (unpaired) electrons. The highest BCUT2D eigenvalue weighted by Crippen LogP contribution is 2.61. The fraction of sp³-hybridized carbons (Fsp3) is 0.474. The fourth-order valence-electron chi connectivity index (χ4n) is 3.90. The lowest BCUT2D eigenvalue weighted by molar-refractivity contribution is -0.0660. The number of hydrogen-bond donors (Lipinski definition) is 2. The minimum atomic E-state index is -0.477. The summed E-state index contributed by atoms with van der Waals surface area (Å²) < 4.78 is 5.34. The van der Waals surface area contributed by atoms with Crippen LogP contribution >= 0.6 is 0 Å². The Balaban J connectivity index is 1.32. The first kappa shape index (κ1) is 16.8. The molecule has 2 aromatic heterocycles. The Bertz CT molecular complexity index is 794. The third-order valence-corrected chi connectivity index (χ3v) is 4.80. The number of hydrogen-bond acceptors (Lipinski definition) is 6. The van der Waals surface area contributed by atoms with E-state index in [9.17, 15) is 4.79 Å². The maximum absolute atomic E-state index is 11.9. The first-order valence-electron chi connectivity index (χ1n) is 8.79. The largest absolute Gasteiger partial charge is 0.444 e. The number of pyridine rings is 1. The van der Waals surface area contributed by atoms with Gasteiger partial charge in [-0.2, -0.15) is 0 Å². The minimum absolute atomic E-state index is 0.0134. The number of carbonyl (C=O) groups is 1. The first-order chi connectivity index (χ1) is 12.3. The van der Waals surface area contributed by atoms with E-state index in [1.807, 2.05) is 32.9 Å². The number of nitrogens with zero attached hydrogens (tertiary/aromatic N) is 3. The number of ether oxygens (including phenoxy) is 1. The third kappa shape index (κ3) is 3.21. The molecule has 2 bridgehead atoms. The van der Waals surface area contributed by atoms with Crippen molar-refractivity contribution in [1.82, 2.24) is 20.3 Å². The number of amides is 1. The molecule has 5 rings (SSSR count). The number of carbonyl (C=O) groups excluding carboxylic acids is 1. The van der Waals surface area contributed by atoms with Crippen molar-refractivity contribution in [2.24, 2.45) is 0 Å². The molecule has 136 valence electrons. The molecule has 0 aromatic carbocycles. The number of aromatic nitrogens is 3. The van der Waals surface area contributed by atoms with Crippen LogP contribution in [0.15, 0.2) is 36.9 Å². The van der Waals surface area contributed by atoms with E-state index >= 15 is 0 Å². The van der Waals surface area contributed by atoms with E-state index in [-0.39, 0.29) is 17.2 Å².